The van der Waals surface area contributed by atoms with Crippen LogP contribution in [0.25, 0.3) is 154 Å². The highest BCUT2D eigenvalue weighted by molar-refractivity contribution is 6.23. The van der Waals surface area contributed by atoms with Crippen molar-refractivity contribution in [1.82, 2.24) is 18.3 Å². The fourth-order valence-electron chi connectivity index (χ4n) is 16.2. The maximum atomic E-state index is 11.3. The Morgan fingerprint density at radius 1 is 0.270 bits per heavy atom. The van der Waals surface area contributed by atoms with Crippen molar-refractivity contribution >= 4 is 109 Å². The lowest BCUT2D eigenvalue weighted by atomic mass is 9.78. The maximum Gasteiger partial charge on any atom is 0.101 e. The highest BCUT2D eigenvalue weighted by Gasteiger charge is 2.28. The highest BCUT2D eigenvalue weighted by Crippen LogP contribution is 2.46. The number of hydrogen-bond donors (Lipinski definition) is 0. The van der Waals surface area contributed by atoms with Crippen LogP contribution in [0.15, 0.2) is 273 Å². The van der Waals surface area contributed by atoms with Crippen molar-refractivity contribution in [2.45, 2.75) is 51.9 Å². The first kappa shape index (κ1) is 59.3. The lowest BCUT2D eigenvalue weighted by Gasteiger charge is -2.26. The van der Waals surface area contributed by atoms with Gasteiger partial charge in [-0.3, -0.25) is 0 Å². The summed E-state index contributed by atoms with van der Waals surface area (Å²) in [5.41, 5.74) is 19.4. The van der Waals surface area contributed by atoms with Gasteiger partial charge in [-0.05, 0) is 175 Å². The van der Waals surface area contributed by atoms with E-state index in [1.807, 2.05) is 42.5 Å². The van der Waals surface area contributed by atoms with Gasteiger partial charge < -0.3 is 18.3 Å². The number of nitriles is 4. The van der Waals surface area contributed by atoms with Crippen LogP contribution in [0.2, 0.25) is 0 Å². The average molecular weight is 1280 g/mol. The van der Waals surface area contributed by atoms with Crippen LogP contribution in [0.1, 0.15) is 73.6 Å². The van der Waals surface area contributed by atoms with Gasteiger partial charge in [0, 0.05) is 43.1 Å². The van der Waals surface area contributed by atoms with E-state index in [0.717, 1.165) is 137 Å². The fourth-order valence-corrected chi connectivity index (χ4v) is 16.2. The molecule has 0 aliphatic carbocycles. The molecule has 4 heterocycles. The van der Waals surface area contributed by atoms with E-state index in [1.54, 1.807) is 0 Å². The topological polar surface area (TPSA) is 115 Å². The summed E-state index contributed by atoms with van der Waals surface area (Å²) in [5, 5.41) is 58.2. The molecule has 0 radical (unpaired) electrons. The minimum Gasteiger partial charge on any atom is -0.308 e. The molecule has 100 heavy (non-hydrogen) atoms. The molecule has 18 rings (SSSR count). The predicted octanol–water partition coefficient (Wildman–Crippen LogP) is 23.0. The molecule has 0 unspecified atom stereocenters. The Labute approximate surface area is 577 Å². The largest absolute Gasteiger partial charge is 0.308 e. The number of para-hydroxylation sites is 2. The van der Waals surface area contributed by atoms with Crippen molar-refractivity contribution in [2.75, 3.05) is 0 Å². The molecule has 0 aliphatic rings. The number of benzene rings is 14. The average Bonchev–Trinajstić information content (AvgIpc) is 1.58. The number of hydrogen-bond acceptors (Lipinski definition) is 4. The van der Waals surface area contributed by atoms with E-state index < -0.39 is 0 Å². The van der Waals surface area contributed by atoms with E-state index in [9.17, 15) is 21.0 Å². The molecular weight excluding hydrogens is 1220 g/mol. The summed E-state index contributed by atoms with van der Waals surface area (Å²) in [6.07, 6.45) is 0.740. The summed E-state index contributed by atoms with van der Waals surface area (Å²) < 4.78 is 8.66. The van der Waals surface area contributed by atoms with Gasteiger partial charge in [-0.15, -0.1) is 0 Å². The van der Waals surface area contributed by atoms with Crippen molar-refractivity contribution in [1.29, 1.82) is 21.0 Å². The van der Waals surface area contributed by atoms with Gasteiger partial charge in [0.25, 0.3) is 0 Å². The van der Waals surface area contributed by atoms with Crippen LogP contribution in [0.3, 0.4) is 0 Å². The van der Waals surface area contributed by atoms with Crippen LogP contribution in [0.4, 0.5) is 0 Å². The number of fused-ring (bicyclic) bond motifs is 16. The molecule has 0 spiro atoms. The molecule has 0 saturated carbocycles. The van der Waals surface area contributed by atoms with Gasteiger partial charge in [-0.25, -0.2) is 0 Å². The summed E-state index contributed by atoms with van der Waals surface area (Å²) in [5.74, 6) is 0. The third-order valence-corrected chi connectivity index (χ3v) is 21.0. The second kappa shape index (κ2) is 22.4. The second-order valence-electron chi connectivity index (χ2n) is 28.3. The molecule has 14 aromatic carbocycles. The van der Waals surface area contributed by atoms with Crippen LogP contribution >= 0.6 is 0 Å². The molecule has 470 valence electrons. The third kappa shape index (κ3) is 9.09. The van der Waals surface area contributed by atoms with E-state index in [1.165, 1.54) is 16.7 Å². The molecular formula is C92H62N8. The molecule has 0 N–H and O–H groups in total. The van der Waals surface area contributed by atoms with Gasteiger partial charge in [0.2, 0.25) is 0 Å². The lowest BCUT2D eigenvalue weighted by molar-refractivity contribution is 0.523. The molecule has 0 fully saturated rings. The quantitative estimate of drug-likeness (QED) is 0.143. The van der Waals surface area contributed by atoms with E-state index >= 15 is 0 Å². The summed E-state index contributed by atoms with van der Waals surface area (Å²) in [6, 6.07) is 106. The first-order valence-corrected chi connectivity index (χ1v) is 33.9. The van der Waals surface area contributed by atoms with Crippen molar-refractivity contribution in [3.05, 3.63) is 312 Å². The summed E-state index contributed by atoms with van der Waals surface area (Å²) in [4.78, 5) is 0. The standard InChI is InChI=1S/C92H62N8/c1-91(2,3)67-34-40-81-75(49-67)76-50-68(35-41-82(76)98(81)86-46-66(55-96)88(48-64(86)53-94)100-78-29-16-14-27-72(78)90-70-25-12-10-22-59(70)31-39-84(90)100)92(4,5)51-56-18-17-23-60(42-56)62-33-37-80-74(44-62)73-43-61(57-19-7-6-8-20-57)32-36-79(73)97(80)85-45-65(54-95)87(47-63(85)52-93)99-77-28-15-13-26-71(77)89-69-24-11-9-21-58(69)30-38-83(89)99/h6-50H,51H2,1-5H3. The molecule has 4 aromatic heterocycles. The molecule has 8 heteroatoms. The Bertz CT molecular complexity index is 6750. The van der Waals surface area contributed by atoms with Crippen LogP contribution in [0, 0.1) is 45.3 Å². The van der Waals surface area contributed by atoms with Crippen LogP contribution in [-0.2, 0) is 17.3 Å². The molecule has 0 amide bonds. The fraction of sp³-hybridized carbons (Fsp3) is 0.0870. The third-order valence-electron chi connectivity index (χ3n) is 21.0. The lowest BCUT2D eigenvalue weighted by Crippen LogP contribution is -2.20. The molecule has 8 nitrogen and oxygen atoms in total. The van der Waals surface area contributed by atoms with Crippen LogP contribution < -0.4 is 0 Å². The van der Waals surface area contributed by atoms with Gasteiger partial charge >= 0.3 is 0 Å². The molecule has 0 saturated heterocycles. The predicted molar refractivity (Wildman–Crippen MR) is 410 cm³/mol. The second-order valence-corrected chi connectivity index (χ2v) is 28.3. The number of rotatable bonds is 9. The normalized spacial score (nSPS) is 12.1. The Hall–Kier alpha value is -13.2. The molecule has 18 aromatic rings. The van der Waals surface area contributed by atoms with Crippen LogP contribution in [-0.4, -0.2) is 18.3 Å². The van der Waals surface area contributed by atoms with E-state index in [4.69, 9.17) is 0 Å². The first-order valence-electron chi connectivity index (χ1n) is 33.9. The van der Waals surface area contributed by atoms with Crippen molar-refractivity contribution in [2.24, 2.45) is 0 Å². The zero-order chi connectivity index (χ0) is 67.9. The summed E-state index contributed by atoms with van der Waals surface area (Å²) in [6.45, 7) is 11.4. The first-order chi connectivity index (χ1) is 48.8. The highest BCUT2D eigenvalue weighted by atomic mass is 15.0. The monoisotopic (exact) mass is 1280 g/mol. The van der Waals surface area contributed by atoms with Crippen molar-refractivity contribution in [3.63, 3.8) is 0 Å². The Morgan fingerprint density at radius 2 is 0.620 bits per heavy atom. The maximum absolute atomic E-state index is 11.3. The minimum atomic E-state index is -0.346. The SMILES string of the molecule is CC(C)(C)c1ccc2c(c1)c1cc(C(C)(C)Cc3cccc(-c4ccc5c(c4)c4cc(-c6ccccc6)ccc4n5-c4cc(C#N)c(-n5c6ccccc6c6c7ccccc7ccc65)cc4C#N)c3)ccc1n2-c1cc(C#N)c(-n2c3ccccc3c3c4ccccc4ccc32)cc1C#N. The van der Waals surface area contributed by atoms with Gasteiger partial charge in [0.05, 0.1) is 89.1 Å². The Balaban J connectivity index is 0.734. The van der Waals surface area contributed by atoms with E-state index in [-0.39, 0.29) is 10.8 Å². The minimum absolute atomic E-state index is 0.138. The summed E-state index contributed by atoms with van der Waals surface area (Å²) >= 11 is 0. The number of aromatic nitrogens is 4. The smallest absolute Gasteiger partial charge is 0.101 e. The van der Waals surface area contributed by atoms with Crippen LogP contribution in [0.5, 0.6) is 0 Å². The van der Waals surface area contributed by atoms with Gasteiger partial charge in [0.1, 0.15) is 24.3 Å². The van der Waals surface area contributed by atoms with Gasteiger partial charge in [0.15, 0.2) is 0 Å². The van der Waals surface area contributed by atoms with E-state index in [2.05, 4.69) is 308 Å². The van der Waals surface area contributed by atoms with Crippen molar-refractivity contribution in [3.8, 4) is 69.3 Å². The van der Waals surface area contributed by atoms with Gasteiger partial charge in [-0.2, -0.15) is 21.0 Å². The van der Waals surface area contributed by atoms with Gasteiger partial charge in [-0.1, -0.05) is 211 Å². The van der Waals surface area contributed by atoms with E-state index in [0.29, 0.717) is 45.0 Å². The zero-order valence-electron chi connectivity index (χ0n) is 55.8. The zero-order valence-corrected chi connectivity index (χ0v) is 55.8. The Kier molecular flexibility index (Phi) is 13.3. The van der Waals surface area contributed by atoms with Crippen molar-refractivity contribution < 1.29 is 0 Å². The molecule has 0 bridgehead atoms. The number of nitrogens with zero attached hydrogens (tertiary/aromatic N) is 8. The molecule has 0 aliphatic heterocycles. The Morgan fingerprint density at radius 3 is 1.09 bits per heavy atom. The summed E-state index contributed by atoms with van der Waals surface area (Å²) in [7, 11) is 0. The molecule has 0 atom stereocenters.